The van der Waals surface area contributed by atoms with E-state index < -0.39 is 0 Å². The van der Waals surface area contributed by atoms with Crippen molar-refractivity contribution in [3.05, 3.63) is 70.2 Å². The van der Waals surface area contributed by atoms with Crippen molar-refractivity contribution in [1.82, 2.24) is 15.2 Å². The maximum absolute atomic E-state index is 6.34. The van der Waals surface area contributed by atoms with Crippen LogP contribution in [0.1, 0.15) is 29.5 Å². The maximum atomic E-state index is 6.34. The zero-order valence-electron chi connectivity index (χ0n) is 17.6. The molecule has 2 saturated heterocycles. The number of nitrogens with one attached hydrogen (secondary N) is 1. The largest absolute Gasteiger partial charge is 0.353 e. The number of aromatic nitrogens is 1. The number of benzene rings is 2. The Morgan fingerprint density at radius 3 is 2.80 bits per heavy atom. The van der Waals surface area contributed by atoms with Gasteiger partial charge in [-0.3, -0.25) is 4.90 Å². The molecule has 3 heterocycles. The summed E-state index contributed by atoms with van der Waals surface area (Å²) >= 11 is 6.34. The van der Waals surface area contributed by atoms with Crippen LogP contribution in [0, 0.1) is 6.92 Å². The Morgan fingerprint density at radius 2 is 1.90 bits per heavy atom. The highest BCUT2D eigenvalue weighted by atomic mass is 35.5. The second-order valence-electron chi connectivity index (χ2n) is 8.59. The second kappa shape index (κ2) is 8.54. The summed E-state index contributed by atoms with van der Waals surface area (Å²) in [5.74, 6) is 1.15. The molecule has 2 fully saturated rings. The van der Waals surface area contributed by atoms with Gasteiger partial charge in [-0.05, 0) is 49.6 Å². The number of rotatable bonds is 5. The highest BCUT2D eigenvalue weighted by Crippen LogP contribution is 2.30. The third-order valence-electron chi connectivity index (χ3n) is 6.58. The molecule has 3 aromatic rings. The summed E-state index contributed by atoms with van der Waals surface area (Å²) in [7, 11) is 0. The number of anilines is 1. The number of halogens is 1. The monoisotopic (exact) mass is 420 g/mol. The number of piperazine rings is 1. The van der Waals surface area contributed by atoms with E-state index in [1.54, 1.807) is 0 Å². The first-order chi connectivity index (χ1) is 14.7. The summed E-state index contributed by atoms with van der Waals surface area (Å²) in [5.41, 5.74) is 4.76. The van der Waals surface area contributed by atoms with E-state index in [2.05, 4.69) is 52.4 Å². The van der Waals surface area contributed by atoms with Crippen LogP contribution in [0.25, 0.3) is 10.9 Å². The molecule has 2 aliphatic rings. The predicted octanol–water partition coefficient (Wildman–Crippen LogP) is 4.77. The Bertz CT molecular complexity index is 1050. The normalized spacial score (nSPS) is 19.4. The standard InChI is InChI=1S/C25H29ClN4/c1-18-6-4-8-19-14-21(16-27-15-20-7-2-3-10-23(20)26)25(28-24(18)19)30-13-12-29-11-5-9-22(29)17-30/h2-4,6-8,10,14,22,27H,5,9,11-13,15-17H2,1H3/t22-/m1/s1. The fraction of sp³-hybridized carbons (Fsp3) is 0.400. The topological polar surface area (TPSA) is 31.4 Å². The molecule has 1 atom stereocenters. The zero-order chi connectivity index (χ0) is 20.5. The number of fused-ring (bicyclic) bond motifs is 2. The molecule has 0 bridgehead atoms. The highest BCUT2D eigenvalue weighted by Gasteiger charge is 2.31. The zero-order valence-corrected chi connectivity index (χ0v) is 18.3. The molecule has 0 saturated carbocycles. The van der Waals surface area contributed by atoms with E-state index in [1.807, 2.05) is 18.2 Å². The minimum absolute atomic E-state index is 0.678. The fourth-order valence-corrected chi connectivity index (χ4v) is 5.14. The number of hydrogen-bond donors (Lipinski definition) is 1. The fourth-order valence-electron chi connectivity index (χ4n) is 4.94. The van der Waals surface area contributed by atoms with Crippen LogP contribution in [0.15, 0.2) is 48.5 Å². The molecule has 0 radical (unpaired) electrons. The van der Waals surface area contributed by atoms with Gasteiger partial charge in [0.15, 0.2) is 0 Å². The third kappa shape index (κ3) is 3.92. The van der Waals surface area contributed by atoms with Crippen LogP contribution in [-0.4, -0.2) is 42.1 Å². The first-order valence-corrected chi connectivity index (χ1v) is 11.4. The minimum Gasteiger partial charge on any atom is -0.353 e. The molecule has 2 aromatic carbocycles. The quantitative estimate of drug-likeness (QED) is 0.644. The van der Waals surface area contributed by atoms with Crippen molar-refractivity contribution >= 4 is 28.3 Å². The Labute approximate surface area is 183 Å². The Kier molecular flexibility index (Phi) is 5.64. The van der Waals surface area contributed by atoms with E-state index >= 15 is 0 Å². The number of pyridine rings is 1. The maximum Gasteiger partial charge on any atom is 0.133 e. The summed E-state index contributed by atoms with van der Waals surface area (Å²) < 4.78 is 0. The van der Waals surface area contributed by atoms with Crippen molar-refractivity contribution in [2.24, 2.45) is 0 Å². The summed E-state index contributed by atoms with van der Waals surface area (Å²) in [6.45, 7) is 8.23. The van der Waals surface area contributed by atoms with Gasteiger partial charge in [0.25, 0.3) is 0 Å². The molecular formula is C25H29ClN4. The van der Waals surface area contributed by atoms with Gasteiger partial charge in [-0.2, -0.15) is 0 Å². The Balaban J connectivity index is 1.43. The van der Waals surface area contributed by atoms with Gasteiger partial charge < -0.3 is 10.2 Å². The first kappa shape index (κ1) is 19.8. The molecule has 0 spiro atoms. The molecule has 30 heavy (non-hydrogen) atoms. The minimum atomic E-state index is 0.678. The molecular weight excluding hydrogens is 392 g/mol. The second-order valence-corrected chi connectivity index (χ2v) is 9.00. The van der Waals surface area contributed by atoms with Gasteiger partial charge in [-0.1, -0.05) is 48.0 Å². The summed E-state index contributed by atoms with van der Waals surface area (Å²) in [4.78, 5) is 10.4. The van der Waals surface area contributed by atoms with Gasteiger partial charge in [0.1, 0.15) is 5.82 Å². The van der Waals surface area contributed by atoms with Crippen molar-refractivity contribution in [1.29, 1.82) is 0 Å². The van der Waals surface area contributed by atoms with E-state index in [1.165, 1.54) is 35.9 Å². The number of aryl methyl sites for hydroxylation is 1. The van der Waals surface area contributed by atoms with Gasteiger partial charge in [-0.15, -0.1) is 0 Å². The molecule has 4 nitrogen and oxygen atoms in total. The lowest BCUT2D eigenvalue weighted by Gasteiger charge is -2.39. The smallest absolute Gasteiger partial charge is 0.133 e. The SMILES string of the molecule is Cc1cccc2cc(CNCc3ccccc3Cl)c(N3CCN4CCC[C@@H]4C3)nc12. The summed E-state index contributed by atoms with van der Waals surface area (Å²) in [5, 5.41) is 5.63. The average Bonchev–Trinajstić information content (AvgIpc) is 3.23. The van der Waals surface area contributed by atoms with E-state index in [0.29, 0.717) is 6.04 Å². The van der Waals surface area contributed by atoms with Crippen LogP contribution in [0.3, 0.4) is 0 Å². The summed E-state index contributed by atoms with van der Waals surface area (Å²) in [6, 6.07) is 17.5. The lowest BCUT2D eigenvalue weighted by atomic mass is 10.1. The van der Waals surface area contributed by atoms with Crippen molar-refractivity contribution < 1.29 is 0 Å². The number of nitrogens with zero attached hydrogens (tertiary/aromatic N) is 3. The van der Waals surface area contributed by atoms with Gasteiger partial charge in [-0.25, -0.2) is 4.98 Å². The molecule has 1 N–H and O–H groups in total. The van der Waals surface area contributed by atoms with Crippen LogP contribution in [-0.2, 0) is 13.1 Å². The molecule has 5 rings (SSSR count). The van der Waals surface area contributed by atoms with E-state index in [9.17, 15) is 0 Å². The van der Waals surface area contributed by atoms with Crippen molar-refractivity contribution in [3.8, 4) is 0 Å². The van der Waals surface area contributed by atoms with E-state index in [-0.39, 0.29) is 0 Å². The van der Waals surface area contributed by atoms with Gasteiger partial charge >= 0.3 is 0 Å². The number of para-hydroxylation sites is 1. The molecule has 1 aromatic heterocycles. The predicted molar refractivity (Wildman–Crippen MR) is 125 cm³/mol. The number of hydrogen-bond acceptors (Lipinski definition) is 4. The lowest BCUT2D eigenvalue weighted by molar-refractivity contribution is 0.230. The molecule has 0 amide bonds. The molecule has 5 heteroatoms. The van der Waals surface area contributed by atoms with Crippen LogP contribution in [0.2, 0.25) is 5.02 Å². The van der Waals surface area contributed by atoms with Crippen molar-refractivity contribution in [2.75, 3.05) is 31.1 Å². The Morgan fingerprint density at radius 1 is 1.03 bits per heavy atom. The molecule has 156 valence electrons. The highest BCUT2D eigenvalue weighted by molar-refractivity contribution is 6.31. The van der Waals surface area contributed by atoms with Crippen LogP contribution >= 0.6 is 11.6 Å². The first-order valence-electron chi connectivity index (χ1n) is 11.0. The average molecular weight is 421 g/mol. The van der Waals surface area contributed by atoms with Crippen LogP contribution in [0.4, 0.5) is 5.82 Å². The van der Waals surface area contributed by atoms with Crippen molar-refractivity contribution in [3.63, 3.8) is 0 Å². The molecule has 2 aliphatic heterocycles. The molecule has 0 unspecified atom stereocenters. The third-order valence-corrected chi connectivity index (χ3v) is 6.95. The van der Waals surface area contributed by atoms with Gasteiger partial charge in [0.2, 0.25) is 0 Å². The Hall–Kier alpha value is -2.14. The van der Waals surface area contributed by atoms with Crippen molar-refractivity contribution in [2.45, 2.75) is 38.9 Å². The molecule has 0 aliphatic carbocycles. The van der Waals surface area contributed by atoms with E-state index in [0.717, 1.165) is 54.6 Å². The summed E-state index contributed by atoms with van der Waals surface area (Å²) in [6.07, 6.45) is 2.64. The van der Waals surface area contributed by atoms with Gasteiger partial charge in [0.05, 0.1) is 5.52 Å². The van der Waals surface area contributed by atoms with E-state index in [4.69, 9.17) is 16.6 Å². The van der Waals surface area contributed by atoms with Crippen LogP contribution in [0.5, 0.6) is 0 Å². The van der Waals surface area contributed by atoms with Crippen LogP contribution < -0.4 is 10.2 Å². The van der Waals surface area contributed by atoms with Gasteiger partial charge in [0, 0.05) is 54.7 Å². The lowest BCUT2D eigenvalue weighted by Crippen LogP contribution is -2.50.